The molecule has 0 saturated carbocycles. The first kappa shape index (κ1) is 11.2. The fourth-order valence-electron chi connectivity index (χ4n) is 1.28. The zero-order valence-electron chi connectivity index (χ0n) is 8.72. The van der Waals surface area contributed by atoms with Gasteiger partial charge in [-0.1, -0.05) is 11.6 Å². The molecule has 0 aromatic carbocycles. The zero-order valence-corrected chi connectivity index (χ0v) is 10.3. The second-order valence-electron chi connectivity index (χ2n) is 3.36. The third-order valence-corrected chi connectivity index (χ3v) is 3.29. The van der Waals surface area contributed by atoms with E-state index in [0.717, 1.165) is 16.7 Å². The maximum atomic E-state index is 5.87. The van der Waals surface area contributed by atoms with Gasteiger partial charge in [0.2, 0.25) is 0 Å². The Labute approximate surface area is 103 Å². The van der Waals surface area contributed by atoms with Gasteiger partial charge in [-0.25, -0.2) is 9.97 Å². The number of rotatable bonds is 3. The quantitative estimate of drug-likeness (QED) is 0.914. The Kier molecular flexibility index (Phi) is 3.26. The fourth-order valence-corrected chi connectivity index (χ4v) is 2.42. The number of halogens is 1. The number of nitrogens with two attached hydrogens (primary N) is 1. The van der Waals surface area contributed by atoms with Crippen LogP contribution in [-0.2, 0) is 6.54 Å². The number of aromatic nitrogens is 2. The van der Waals surface area contributed by atoms with Crippen molar-refractivity contribution in [1.82, 2.24) is 9.97 Å². The maximum Gasteiger partial charge on any atom is 0.147 e. The molecule has 16 heavy (non-hydrogen) atoms. The number of nitrogens with zero attached hydrogens (tertiary/aromatic N) is 3. The summed E-state index contributed by atoms with van der Waals surface area (Å²) >= 11 is 7.43. The van der Waals surface area contributed by atoms with Crippen LogP contribution >= 0.6 is 22.9 Å². The maximum absolute atomic E-state index is 5.87. The van der Waals surface area contributed by atoms with Crippen molar-refractivity contribution in [3.05, 3.63) is 33.7 Å². The molecule has 2 N–H and O–H groups in total. The molecular formula is C10H11ClN4S. The summed E-state index contributed by atoms with van der Waals surface area (Å²) in [5, 5.41) is 0. The predicted octanol–water partition coefficient (Wildman–Crippen LogP) is 2.41. The summed E-state index contributed by atoms with van der Waals surface area (Å²) in [5.41, 5.74) is 5.48. The second-order valence-corrected chi connectivity index (χ2v) is 5.16. The summed E-state index contributed by atoms with van der Waals surface area (Å²) in [5.74, 6) is 1.22. The highest BCUT2D eigenvalue weighted by atomic mass is 35.5. The lowest BCUT2D eigenvalue weighted by Gasteiger charge is -2.16. The van der Waals surface area contributed by atoms with Crippen molar-refractivity contribution in [2.75, 3.05) is 17.7 Å². The van der Waals surface area contributed by atoms with Gasteiger partial charge in [-0.2, -0.15) is 0 Å². The summed E-state index contributed by atoms with van der Waals surface area (Å²) < 4.78 is 0.798. The standard InChI is InChI=1S/C10H11ClN4S/c1-15(6-7-2-3-8(11)16-7)10-5-13-9(12)4-14-10/h2-5H,6H2,1H3,(H2,12,13). The number of nitrogen functional groups attached to an aromatic ring is 1. The van der Waals surface area contributed by atoms with Gasteiger partial charge in [-0.05, 0) is 12.1 Å². The van der Waals surface area contributed by atoms with Gasteiger partial charge in [0.05, 0.1) is 23.3 Å². The van der Waals surface area contributed by atoms with Crippen molar-refractivity contribution in [3.8, 4) is 0 Å². The van der Waals surface area contributed by atoms with E-state index in [1.807, 2.05) is 24.1 Å². The highest BCUT2D eigenvalue weighted by Gasteiger charge is 2.05. The minimum atomic E-state index is 0.427. The molecule has 4 nitrogen and oxygen atoms in total. The molecule has 6 heteroatoms. The molecule has 0 bridgehead atoms. The van der Waals surface area contributed by atoms with Gasteiger partial charge in [-0.15, -0.1) is 11.3 Å². The largest absolute Gasteiger partial charge is 0.382 e. The molecule has 0 atom stereocenters. The van der Waals surface area contributed by atoms with E-state index >= 15 is 0 Å². The van der Waals surface area contributed by atoms with Crippen LogP contribution in [0.2, 0.25) is 4.34 Å². The number of thiophene rings is 1. The molecule has 0 radical (unpaired) electrons. The van der Waals surface area contributed by atoms with E-state index in [0.29, 0.717) is 5.82 Å². The Morgan fingerprint density at radius 1 is 1.38 bits per heavy atom. The molecule has 0 aliphatic heterocycles. The number of hydrogen-bond donors (Lipinski definition) is 1. The summed E-state index contributed by atoms with van der Waals surface area (Å²) in [6.07, 6.45) is 3.21. The van der Waals surface area contributed by atoms with Crippen LogP contribution in [0.3, 0.4) is 0 Å². The van der Waals surface area contributed by atoms with Crippen molar-refractivity contribution in [3.63, 3.8) is 0 Å². The summed E-state index contributed by atoms with van der Waals surface area (Å²) in [6.45, 7) is 0.760. The zero-order chi connectivity index (χ0) is 11.5. The van der Waals surface area contributed by atoms with Gasteiger partial charge in [0.1, 0.15) is 11.6 Å². The molecule has 2 aromatic rings. The van der Waals surface area contributed by atoms with E-state index in [4.69, 9.17) is 17.3 Å². The Morgan fingerprint density at radius 2 is 2.19 bits per heavy atom. The van der Waals surface area contributed by atoms with Gasteiger partial charge < -0.3 is 10.6 Å². The minimum Gasteiger partial charge on any atom is -0.382 e. The van der Waals surface area contributed by atoms with Crippen LogP contribution in [0.1, 0.15) is 4.88 Å². The highest BCUT2D eigenvalue weighted by molar-refractivity contribution is 7.16. The van der Waals surface area contributed by atoms with Gasteiger partial charge >= 0.3 is 0 Å². The van der Waals surface area contributed by atoms with Crippen molar-refractivity contribution in [2.24, 2.45) is 0 Å². The van der Waals surface area contributed by atoms with Crippen LogP contribution < -0.4 is 10.6 Å². The SMILES string of the molecule is CN(Cc1ccc(Cl)s1)c1cnc(N)cn1. The van der Waals surface area contributed by atoms with Crippen molar-refractivity contribution in [1.29, 1.82) is 0 Å². The van der Waals surface area contributed by atoms with E-state index in [1.54, 1.807) is 23.7 Å². The lowest BCUT2D eigenvalue weighted by atomic mass is 10.4. The summed E-state index contributed by atoms with van der Waals surface area (Å²) in [7, 11) is 1.95. The van der Waals surface area contributed by atoms with Gasteiger partial charge in [0, 0.05) is 11.9 Å². The lowest BCUT2D eigenvalue weighted by molar-refractivity contribution is 0.905. The van der Waals surface area contributed by atoms with E-state index in [2.05, 4.69) is 9.97 Å². The first-order chi connectivity index (χ1) is 7.65. The van der Waals surface area contributed by atoms with Gasteiger partial charge in [0.25, 0.3) is 0 Å². The van der Waals surface area contributed by atoms with Gasteiger partial charge in [0.15, 0.2) is 0 Å². The Balaban J connectivity index is 2.08. The number of anilines is 2. The summed E-state index contributed by atoms with van der Waals surface area (Å²) in [6, 6.07) is 3.90. The molecule has 0 aliphatic rings. The fraction of sp³-hybridized carbons (Fsp3) is 0.200. The van der Waals surface area contributed by atoms with Crippen molar-refractivity contribution < 1.29 is 0 Å². The molecule has 0 aliphatic carbocycles. The van der Waals surface area contributed by atoms with E-state index < -0.39 is 0 Å². The van der Waals surface area contributed by atoms with Crippen molar-refractivity contribution >= 4 is 34.6 Å². The first-order valence-electron chi connectivity index (χ1n) is 4.68. The third kappa shape index (κ3) is 2.62. The van der Waals surface area contributed by atoms with E-state index in [9.17, 15) is 0 Å². The smallest absolute Gasteiger partial charge is 0.147 e. The topological polar surface area (TPSA) is 55.0 Å². The number of hydrogen-bond acceptors (Lipinski definition) is 5. The molecule has 0 saturated heterocycles. The van der Waals surface area contributed by atoms with Crippen LogP contribution in [0.5, 0.6) is 0 Å². The highest BCUT2D eigenvalue weighted by Crippen LogP contribution is 2.23. The Morgan fingerprint density at radius 3 is 2.75 bits per heavy atom. The molecule has 2 aromatic heterocycles. The average Bonchev–Trinajstić information content (AvgIpc) is 2.65. The monoisotopic (exact) mass is 254 g/mol. The van der Waals surface area contributed by atoms with Crippen LogP contribution in [0.15, 0.2) is 24.5 Å². The van der Waals surface area contributed by atoms with E-state index in [-0.39, 0.29) is 0 Å². The summed E-state index contributed by atoms with van der Waals surface area (Å²) in [4.78, 5) is 11.4. The predicted molar refractivity (Wildman–Crippen MR) is 67.9 cm³/mol. The molecule has 0 amide bonds. The average molecular weight is 255 g/mol. The Hall–Kier alpha value is -1.33. The normalized spacial score (nSPS) is 10.4. The van der Waals surface area contributed by atoms with Crippen molar-refractivity contribution in [2.45, 2.75) is 6.54 Å². The van der Waals surface area contributed by atoms with E-state index in [1.165, 1.54) is 4.88 Å². The van der Waals surface area contributed by atoms with Crippen LogP contribution in [-0.4, -0.2) is 17.0 Å². The minimum absolute atomic E-state index is 0.427. The molecule has 84 valence electrons. The molecular weight excluding hydrogens is 244 g/mol. The molecule has 2 rings (SSSR count). The van der Waals surface area contributed by atoms with Crippen LogP contribution in [0, 0.1) is 0 Å². The Bertz CT molecular complexity index is 468. The second kappa shape index (κ2) is 4.67. The third-order valence-electron chi connectivity index (χ3n) is 2.07. The lowest BCUT2D eigenvalue weighted by Crippen LogP contribution is -2.17. The van der Waals surface area contributed by atoms with Crippen LogP contribution in [0.25, 0.3) is 0 Å². The molecule has 2 heterocycles. The van der Waals surface area contributed by atoms with Crippen LogP contribution in [0.4, 0.5) is 11.6 Å². The molecule has 0 spiro atoms. The van der Waals surface area contributed by atoms with Gasteiger partial charge in [-0.3, -0.25) is 0 Å². The molecule has 0 unspecified atom stereocenters. The molecule has 0 fully saturated rings. The first-order valence-corrected chi connectivity index (χ1v) is 5.87.